The third kappa shape index (κ3) is 14.0. The number of nitrogens with two attached hydrogens (primary N) is 2. The lowest BCUT2D eigenvalue weighted by Crippen LogP contribution is -2.03. The standard InChI is InChI=1S/C12H14FNO3.C11H12FNO3.2ClH/c1-16-12(15)9-2-4-11(5-3-9)17-8-10(13)6-7-14;12-9(5-6-13)7-16-10-3-1-8(2-4-10)11(14)15;;/h2-6H,7-8,14H2,1H3;1-5H,6-7,13H2,(H,14,15);2*1H/b10-6+;9-5+;;. The molecule has 8 nitrogen and oxygen atoms in total. The molecule has 0 atom stereocenters. The van der Waals surface area contributed by atoms with Gasteiger partial charge in [-0.1, -0.05) is 0 Å². The number of carboxylic acid groups (broad SMARTS) is 1. The number of carbonyl (C=O) groups is 2. The molecule has 0 aliphatic carbocycles. The molecule has 0 saturated carbocycles. The van der Waals surface area contributed by atoms with E-state index in [0.717, 1.165) is 0 Å². The van der Waals surface area contributed by atoms with Crippen LogP contribution in [0.25, 0.3) is 0 Å². The second-order valence-corrected chi connectivity index (χ2v) is 6.20. The molecule has 35 heavy (non-hydrogen) atoms. The van der Waals surface area contributed by atoms with Crippen molar-refractivity contribution in [3.05, 3.63) is 83.5 Å². The SMILES string of the molecule is COC(=O)c1ccc(OC/C(F)=C\CN)cc1.Cl.Cl.NC/C=C(/F)COc1ccc(C(=O)O)cc1. The van der Waals surface area contributed by atoms with E-state index in [0.29, 0.717) is 17.1 Å². The van der Waals surface area contributed by atoms with Gasteiger partial charge in [-0.05, 0) is 60.7 Å². The fourth-order valence-electron chi connectivity index (χ4n) is 2.18. The summed E-state index contributed by atoms with van der Waals surface area (Å²) >= 11 is 0. The van der Waals surface area contributed by atoms with Gasteiger partial charge < -0.3 is 30.8 Å². The number of ether oxygens (including phenoxy) is 3. The Morgan fingerprint density at radius 2 is 1.17 bits per heavy atom. The highest BCUT2D eigenvalue weighted by atomic mass is 35.5. The average Bonchev–Trinajstić information content (AvgIpc) is 2.82. The van der Waals surface area contributed by atoms with E-state index in [1.807, 2.05) is 0 Å². The summed E-state index contributed by atoms with van der Waals surface area (Å²) in [5.74, 6) is -1.44. The molecule has 5 N–H and O–H groups in total. The number of carbonyl (C=O) groups excluding carboxylic acids is 1. The Bertz CT molecular complexity index is 955. The highest BCUT2D eigenvalue weighted by Crippen LogP contribution is 2.14. The van der Waals surface area contributed by atoms with Crippen LogP contribution in [0.3, 0.4) is 0 Å². The van der Waals surface area contributed by atoms with Gasteiger partial charge in [0.05, 0.1) is 18.2 Å². The monoisotopic (exact) mass is 536 g/mol. The lowest BCUT2D eigenvalue weighted by atomic mass is 10.2. The van der Waals surface area contributed by atoms with Gasteiger partial charge >= 0.3 is 11.9 Å². The number of carboxylic acids is 1. The minimum Gasteiger partial charge on any atom is -0.487 e. The number of hydrogen-bond donors (Lipinski definition) is 3. The highest BCUT2D eigenvalue weighted by molar-refractivity contribution is 5.89. The van der Waals surface area contributed by atoms with Crippen molar-refractivity contribution < 1.29 is 37.7 Å². The first-order valence-electron chi connectivity index (χ1n) is 9.67. The van der Waals surface area contributed by atoms with Gasteiger partial charge in [-0.3, -0.25) is 0 Å². The van der Waals surface area contributed by atoms with E-state index < -0.39 is 23.6 Å². The number of hydrogen-bond acceptors (Lipinski definition) is 7. The zero-order valence-corrected chi connectivity index (χ0v) is 20.5. The van der Waals surface area contributed by atoms with Crippen molar-refractivity contribution >= 4 is 36.8 Å². The molecule has 0 aliphatic rings. The van der Waals surface area contributed by atoms with E-state index >= 15 is 0 Å². The fourth-order valence-corrected chi connectivity index (χ4v) is 2.18. The van der Waals surface area contributed by atoms with Gasteiger partial charge in [0.25, 0.3) is 0 Å². The summed E-state index contributed by atoms with van der Waals surface area (Å²) in [6, 6.07) is 12.0. The van der Waals surface area contributed by atoms with Gasteiger partial charge in [-0.25, -0.2) is 18.4 Å². The van der Waals surface area contributed by atoms with E-state index in [-0.39, 0.29) is 56.7 Å². The molecule has 0 amide bonds. The molecule has 0 spiro atoms. The Balaban J connectivity index is 0. The van der Waals surface area contributed by atoms with E-state index in [4.69, 9.17) is 26.0 Å². The Hall–Kier alpha value is -3.18. The molecule has 2 aromatic carbocycles. The van der Waals surface area contributed by atoms with Crippen LogP contribution in [0, 0.1) is 0 Å². The minimum absolute atomic E-state index is 0. The molecule has 0 saturated heterocycles. The Labute approximate surface area is 214 Å². The zero-order valence-electron chi connectivity index (χ0n) is 18.8. The zero-order chi connectivity index (χ0) is 24.6. The first-order chi connectivity index (χ1) is 15.8. The number of benzene rings is 2. The van der Waals surface area contributed by atoms with Crippen LogP contribution in [-0.2, 0) is 4.74 Å². The summed E-state index contributed by atoms with van der Waals surface area (Å²) < 4.78 is 40.5. The summed E-state index contributed by atoms with van der Waals surface area (Å²) in [6.07, 6.45) is 2.45. The molecule has 0 fully saturated rings. The molecule has 0 aliphatic heterocycles. The maximum Gasteiger partial charge on any atom is 0.337 e. The maximum atomic E-state index is 12.9. The fraction of sp³-hybridized carbons (Fsp3) is 0.217. The van der Waals surface area contributed by atoms with Crippen molar-refractivity contribution in [2.24, 2.45) is 11.5 Å². The normalized spacial score (nSPS) is 10.5. The van der Waals surface area contributed by atoms with Crippen LogP contribution in [0.1, 0.15) is 20.7 Å². The van der Waals surface area contributed by atoms with E-state index in [1.165, 1.54) is 43.5 Å². The maximum absolute atomic E-state index is 12.9. The molecule has 194 valence electrons. The van der Waals surface area contributed by atoms with E-state index in [1.54, 1.807) is 24.3 Å². The van der Waals surface area contributed by atoms with Crippen LogP contribution in [0.2, 0.25) is 0 Å². The molecule has 2 aromatic rings. The predicted octanol–water partition coefficient (Wildman–Crippen LogP) is 4.08. The molecule has 0 aromatic heterocycles. The van der Waals surface area contributed by atoms with Crippen molar-refractivity contribution in [3.8, 4) is 11.5 Å². The van der Waals surface area contributed by atoms with Crippen LogP contribution in [-0.4, -0.2) is 50.5 Å². The van der Waals surface area contributed by atoms with E-state index in [9.17, 15) is 18.4 Å². The van der Waals surface area contributed by atoms with Crippen molar-refractivity contribution in [2.45, 2.75) is 0 Å². The molecule has 0 radical (unpaired) electrons. The lowest BCUT2D eigenvalue weighted by Gasteiger charge is -2.05. The molecule has 0 unspecified atom stereocenters. The molecular formula is C23H28Cl2F2N2O6. The predicted molar refractivity (Wildman–Crippen MR) is 133 cm³/mol. The second-order valence-electron chi connectivity index (χ2n) is 6.20. The molecule has 2 rings (SSSR count). The summed E-state index contributed by atoms with van der Waals surface area (Å²) in [5, 5.41) is 8.64. The van der Waals surface area contributed by atoms with Crippen molar-refractivity contribution in [3.63, 3.8) is 0 Å². The molecule has 0 heterocycles. The Kier molecular flexibility index (Phi) is 18.6. The van der Waals surface area contributed by atoms with Gasteiger partial charge in [-0.15, -0.1) is 24.8 Å². The topological polar surface area (TPSA) is 134 Å². The first kappa shape index (κ1) is 34.0. The Morgan fingerprint density at radius 1 is 0.800 bits per heavy atom. The quantitative estimate of drug-likeness (QED) is 0.386. The van der Waals surface area contributed by atoms with Crippen molar-refractivity contribution in [1.29, 1.82) is 0 Å². The van der Waals surface area contributed by atoms with Crippen LogP contribution in [0.5, 0.6) is 11.5 Å². The van der Waals surface area contributed by atoms with Gasteiger partial charge in [0, 0.05) is 13.1 Å². The number of rotatable bonds is 10. The number of halogens is 4. The number of methoxy groups -OCH3 is 1. The van der Waals surface area contributed by atoms with Crippen molar-refractivity contribution in [2.75, 3.05) is 33.4 Å². The Morgan fingerprint density at radius 3 is 1.49 bits per heavy atom. The van der Waals surface area contributed by atoms with Gasteiger partial charge in [0.15, 0.2) is 0 Å². The number of aromatic carboxylic acids is 1. The van der Waals surface area contributed by atoms with Gasteiger partial charge in [0.1, 0.15) is 36.4 Å². The minimum atomic E-state index is -1.01. The highest BCUT2D eigenvalue weighted by Gasteiger charge is 2.05. The van der Waals surface area contributed by atoms with E-state index in [2.05, 4.69) is 4.74 Å². The molecule has 0 bridgehead atoms. The van der Waals surface area contributed by atoms with Gasteiger partial charge in [-0.2, -0.15) is 0 Å². The summed E-state index contributed by atoms with van der Waals surface area (Å²) in [7, 11) is 1.31. The van der Waals surface area contributed by atoms with Crippen molar-refractivity contribution in [1.82, 2.24) is 0 Å². The summed E-state index contributed by atoms with van der Waals surface area (Å²) in [6.45, 7) is -0.123. The first-order valence-corrected chi connectivity index (χ1v) is 9.67. The summed E-state index contributed by atoms with van der Waals surface area (Å²) in [4.78, 5) is 21.7. The smallest absolute Gasteiger partial charge is 0.337 e. The number of esters is 1. The van der Waals surface area contributed by atoms with Crippen LogP contribution in [0.4, 0.5) is 8.78 Å². The average molecular weight is 537 g/mol. The third-order valence-electron chi connectivity index (χ3n) is 3.81. The van der Waals surface area contributed by atoms with Gasteiger partial charge in [0.2, 0.25) is 0 Å². The molecular weight excluding hydrogens is 509 g/mol. The second kappa shape index (κ2) is 19.2. The lowest BCUT2D eigenvalue weighted by molar-refractivity contribution is 0.0599. The van der Waals surface area contributed by atoms with Crippen LogP contribution >= 0.6 is 24.8 Å². The third-order valence-corrected chi connectivity index (χ3v) is 3.81. The largest absolute Gasteiger partial charge is 0.487 e. The summed E-state index contributed by atoms with van der Waals surface area (Å²) in [5.41, 5.74) is 10.8. The van der Waals surface area contributed by atoms with Crippen LogP contribution in [0.15, 0.2) is 72.3 Å². The van der Waals surface area contributed by atoms with Crippen LogP contribution < -0.4 is 20.9 Å². The molecule has 12 heteroatoms.